The van der Waals surface area contributed by atoms with Gasteiger partial charge >= 0.3 is 0 Å². The van der Waals surface area contributed by atoms with Crippen molar-refractivity contribution in [3.63, 3.8) is 0 Å². The molecule has 0 N–H and O–H groups in total. The van der Waals surface area contributed by atoms with Crippen LogP contribution in [0.25, 0.3) is 0 Å². The molecule has 1 saturated heterocycles. The number of hydrogen-bond donors (Lipinski definition) is 0. The summed E-state index contributed by atoms with van der Waals surface area (Å²) in [5.74, 6) is -0.0518. The van der Waals surface area contributed by atoms with Crippen LogP contribution in [0.15, 0.2) is 42.5 Å². The van der Waals surface area contributed by atoms with Gasteiger partial charge in [0.1, 0.15) is 5.82 Å². The molecule has 4 heteroatoms. The zero-order valence-electron chi connectivity index (χ0n) is 15.0. The van der Waals surface area contributed by atoms with Crippen molar-refractivity contribution in [3.05, 3.63) is 70.5 Å². The highest BCUT2D eigenvalue weighted by Crippen LogP contribution is 2.16. The lowest BCUT2D eigenvalue weighted by atomic mass is 10.0. The molecule has 3 rings (SSSR count). The van der Waals surface area contributed by atoms with E-state index in [2.05, 4.69) is 4.90 Å². The van der Waals surface area contributed by atoms with E-state index in [1.807, 2.05) is 49.1 Å². The zero-order chi connectivity index (χ0) is 17.8. The average molecular weight is 340 g/mol. The molecule has 1 aliphatic heterocycles. The molecule has 2 aromatic rings. The van der Waals surface area contributed by atoms with Gasteiger partial charge < -0.3 is 4.90 Å². The molecule has 0 bridgehead atoms. The van der Waals surface area contributed by atoms with E-state index < -0.39 is 0 Å². The molecule has 0 spiro atoms. The molecule has 1 heterocycles. The van der Waals surface area contributed by atoms with Crippen LogP contribution in [0, 0.1) is 19.7 Å². The summed E-state index contributed by atoms with van der Waals surface area (Å²) in [6.45, 7) is 7.67. The smallest absolute Gasteiger partial charge is 0.254 e. The minimum atomic E-state index is -0.157. The van der Waals surface area contributed by atoms with Crippen molar-refractivity contribution in [2.45, 2.75) is 26.8 Å². The number of rotatable bonds is 3. The van der Waals surface area contributed by atoms with Crippen molar-refractivity contribution in [3.8, 4) is 0 Å². The van der Waals surface area contributed by atoms with Crippen LogP contribution in [-0.4, -0.2) is 41.9 Å². The maximum atomic E-state index is 13.9. The summed E-state index contributed by atoms with van der Waals surface area (Å²) in [5.41, 5.74) is 3.63. The Balaban J connectivity index is 1.66. The van der Waals surface area contributed by atoms with Crippen LogP contribution < -0.4 is 0 Å². The van der Waals surface area contributed by atoms with Gasteiger partial charge in [0, 0.05) is 43.9 Å². The van der Waals surface area contributed by atoms with Gasteiger partial charge in [-0.15, -0.1) is 0 Å². The monoisotopic (exact) mass is 340 g/mol. The Hall–Kier alpha value is -2.20. The second-order valence-electron chi connectivity index (χ2n) is 6.83. The molecule has 1 fully saturated rings. The van der Waals surface area contributed by atoms with E-state index in [0.717, 1.165) is 48.3 Å². The van der Waals surface area contributed by atoms with Crippen LogP contribution in [0.2, 0.25) is 0 Å². The first-order valence-electron chi connectivity index (χ1n) is 8.87. The van der Waals surface area contributed by atoms with Crippen LogP contribution in [0.5, 0.6) is 0 Å². The number of aryl methyl sites for hydroxylation is 2. The molecule has 0 saturated carbocycles. The predicted octanol–water partition coefficient (Wildman–Crippen LogP) is 3.79. The Morgan fingerprint density at radius 3 is 2.64 bits per heavy atom. The Labute approximate surface area is 149 Å². The molecule has 132 valence electrons. The van der Waals surface area contributed by atoms with Crippen molar-refractivity contribution in [2.24, 2.45) is 0 Å². The number of amides is 1. The lowest BCUT2D eigenvalue weighted by Crippen LogP contribution is -2.35. The number of nitrogens with zero attached hydrogens (tertiary/aromatic N) is 2. The third kappa shape index (κ3) is 4.26. The van der Waals surface area contributed by atoms with Gasteiger partial charge in [-0.3, -0.25) is 9.69 Å². The van der Waals surface area contributed by atoms with Crippen LogP contribution in [0.3, 0.4) is 0 Å². The molecule has 1 amide bonds. The molecule has 0 radical (unpaired) electrons. The van der Waals surface area contributed by atoms with Crippen LogP contribution >= 0.6 is 0 Å². The highest BCUT2D eigenvalue weighted by molar-refractivity contribution is 5.95. The average Bonchev–Trinajstić information content (AvgIpc) is 2.84. The van der Waals surface area contributed by atoms with E-state index in [1.165, 1.54) is 6.07 Å². The first-order valence-corrected chi connectivity index (χ1v) is 8.87. The summed E-state index contributed by atoms with van der Waals surface area (Å²) in [6, 6.07) is 12.9. The van der Waals surface area contributed by atoms with Crippen molar-refractivity contribution >= 4 is 5.91 Å². The third-order valence-corrected chi connectivity index (χ3v) is 4.85. The minimum Gasteiger partial charge on any atom is -0.337 e. The van der Waals surface area contributed by atoms with Crippen LogP contribution in [0.4, 0.5) is 4.39 Å². The normalized spacial score (nSPS) is 15.9. The highest BCUT2D eigenvalue weighted by Gasteiger charge is 2.22. The Morgan fingerprint density at radius 1 is 1.04 bits per heavy atom. The fourth-order valence-electron chi connectivity index (χ4n) is 3.34. The lowest BCUT2D eigenvalue weighted by molar-refractivity contribution is 0.0760. The lowest BCUT2D eigenvalue weighted by Gasteiger charge is -2.23. The van der Waals surface area contributed by atoms with E-state index in [9.17, 15) is 9.18 Å². The molecule has 0 aromatic heterocycles. The second kappa shape index (κ2) is 7.79. The van der Waals surface area contributed by atoms with Gasteiger partial charge in [0.25, 0.3) is 5.91 Å². The van der Waals surface area contributed by atoms with Crippen LogP contribution in [-0.2, 0) is 6.54 Å². The van der Waals surface area contributed by atoms with Crippen molar-refractivity contribution in [1.29, 1.82) is 0 Å². The summed E-state index contributed by atoms with van der Waals surface area (Å²) in [5, 5.41) is 0. The van der Waals surface area contributed by atoms with E-state index in [1.54, 1.807) is 6.07 Å². The number of carbonyl (C=O) groups excluding carboxylic acids is 1. The predicted molar refractivity (Wildman–Crippen MR) is 98.1 cm³/mol. The fraction of sp³-hybridized carbons (Fsp3) is 0.381. The van der Waals surface area contributed by atoms with Gasteiger partial charge in [-0.2, -0.15) is 0 Å². The van der Waals surface area contributed by atoms with Crippen molar-refractivity contribution in [1.82, 2.24) is 9.80 Å². The van der Waals surface area contributed by atoms with Gasteiger partial charge in [-0.25, -0.2) is 4.39 Å². The molecular weight excluding hydrogens is 315 g/mol. The van der Waals surface area contributed by atoms with Gasteiger partial charge in [0.2, 0.25) is 0 Å². The maximum absolute atomic E-state index is 13.9. The molecule has 0 atom stereocenters. The van der Waals surface area contributed by atoms with E-state index >= 15 is 0 Å². The van der Waals surface area contributed by atoms with Crippen molar-refractivity contribution < 1.29 is 9.18 Å². The summed E-state index contributed by atoms with van der Waals surface area (Å²) in [7, 11) is 0. The summed E-state index contributed by atoms with van der Waals surface area (Å²) < 4.78 is 13.9. The molecule has 25 heavy (non-hydrogen) atoms. The van der Waals surface area contributed by atoms with Gasteiger partial charge in [0.15, 0.2) is 0 Å². The third-order valence-electron chi connectivity index (χ3n) is 4.85. The number of benzene rings is 2. The molecule has 0 unspecified atom stereocenters. The standard InChI is InChI=1S/C21H25FN2O/c1-16-8-9-17(2)19(14-16)21(25)24-11-5-10-23(12-13-24)15-18-6-3-4-7-20(18)22/h3-4,6-9,14H,5,10-13,15H2,1-2H3. The minimum absolute atomic E-state index is 0.106. The van der Waals surface area contributed by atoms with Crippen LogP contribution in [0.1, 0.15) is 33.5 Å². The Morgan fingerprint density at radius 2 is 1.84 bits per heavy atom. The zero-order valence-corrected chi connectivity index (χ0v) is 15.0. The number of carbonyl (C=O) groups is 1. The molecule has 2 aromatic carbocycles. The summed E-state index contributed by atoms with van der Waals surface area (Å²) >= 11 is 0. The molecule has 0 aliphatic carbocycles. The Kier molecular flexibility index (Phi) is 5.49. The van der Waals surface area contributed by atoms with Gasteiger partial charge in [0.05, 0.1) is 0 Å². The summed E-state index contributed by atoms with van der Waals surface area (Å²) in [6.07, 6.45) is 0.908. The molecule has 1 aliphatic rings. The largest absolute Gasteiger partial charge is 0.337 e. The van der Waals surface area contributed by atoms with Gasteiger partial charge in [-0.05, 0) is 38.0 Å². The van der Waals surface area contributed by atoms with E-state index in [4.69, 9.17) is 0 Å². The first kappa shape index (κ1) is 17.6. The van der Waals surface area contributed by atoms with Crippen molar-refractivity contribution in [2.75, 3.05) is 26.2 Å². The fourth-order valence-corrected chi connectivity index (χ4v) is 3.34. The van der Waals surface area contributed by atoms with E-state index in [-0.39, 0.29) is 11.7 Å². The molecule has 3 nitrogen and oxygen atoms in total. The summed E-state index contributed by atoms with van der Waals surface area (Å²) in [4.78, 5) is 17.1. The highest BCUT2D eigenvalue weighted by atomic mass is 19.1. The quantitative estimate of drug-likeness (QED) is 0.849. The maximum Gasteiger partial charge on any atom is 0.254 e. The van der Waals surface area contributed by atoms with E-state index in [0.29, 0.717) is 13.1 Å². The first-order chi connectivity index (χ1) is 12.0. The SMILES string of the molecule is Cc1ccc(C)c(C(=O)N2CCCN(Cc3ccccc3F)CC2)c1. The Bertz CT molecular complexity index is 759. The topological polar surface area (TPSA) is 23.6 Å². The van der Waals surface area contributed by atoms with Gasteiger partial charge in [-0.1, -0.05) is 35.9 Å². The second-order valence-corrected chi connectivity index (χ2v) is 6.83. The number of hydrogen-bond acceptors (Lipinski definition) is 2. The molecular formula is C21H25FN2O. The number of halogens is 1.